The van der Waals surface area contributed by atoms with E-state index in [0.29, 0.717) is 16.6 Å². The topological polar surface area (TPSA) is 29.1 Å². The Labute approximate surface area is 130 Å². The monoisotopic (exact) mass is 393 g/mol. The van der Waals surface area contributed by atoms with Gasteiger partial charge in [0.1, 0.15) is 5.82 Å². The van der Waals surface area contributed by atoms with Gasteiger partial charge in [-0.25, -0.2) is 4.39 Å². The lowest BCUT2D eigenvalue weighted by molar-refractivity contribution is 0.0952. The zero-order chi connectivity index (χ0) is 14.6. The molecule has 1 aromatic rings. The van der Waals surface area contributed by atoms with Crippen LogP contribution in [0.2, 0.25) is 0 Å². The van der Waals surface area contributed by atoms with E-state index in [2.05, 4.69) is 57.9 Å². The number of carbonyl (C=O) groups is 1. The van der Waals surface area contributed by atoms with Gasteiger partial charge in [-0.05, 0) is 46.0 Å². The van der Waals surface area contributed by atoms with E-state index in [9.17, 15) is 9.18 Å². The predicted octanol–water partition coefficient (Wildman–Crippen LogP) is 4.52. The second kappa shape index (κ2) is 6.84. The summed E-state index contributed by atoms with van der Waals surface area (Å²) in [6.45, 7) is 7.01. The van der Waals surface area contributed by atoms with Crippen molar-refractivity contribution < 1.29 is 9.18 Å². The van der Waals surface area contributed by atoms with E-state index in [0.717, 1.165) is 6.42 Å². The molecule has 0 heterocycles. The molecule has 0 bridgehead atoms. The van der Waals surface area contributed by atoms with Crippen molar-refractivity contribution in [3.05, 3.63) is 34.1 Å². The summed E-state index contributed by atoms with van der Waals surface area (Å²) in [5.74, 6) is -0.568. The van der Waals surface area contributed by atoms with E-state index in [4.69, 9.17) is 0 Å². The maximum absolute atomic E-state index is 13.1. The molecular formula is C14H18Br2FNO. The molecule has 1 amide bonds. The van der Waals surface area contributed by atoms with Gasteiger partial charge >= 0.3 is 0 Å². The van der Waals surface area contributed by atoms with Gasteiger partial charge in [0.2, 0.25) is 0 Å². The van der Waals surface area contributed by atoms with Gasteiger partial charge < -0.3 is 5.32 Å². The standard InChI is InChI=1S/C14H18Br2FNO/c1-14(2,3)7-10(15)8-18-13(19)9-4-5-12(17)11(16)6-9/h4-6,10H,7-8H2,1-3H3,(H,18,19). The number of carbonyl (C=O) groups excluding carboxylic acids is 1. The van der Waals surface area contributed by atoms with Crippen molar-refractivity contribution in [2.75, 3.05) is 6.54 Å². The fraction of sp³-hybridized carbons (Fsp3) is 0.500. The maximum Gasteiger partial charge on any atom is 0.251 e. The van der Waals surface area contributed by atoms with Crippen LogP contribution in [0.1, 0.15) is 37.6 Å². The quantitative estimate of drug-likeness (QED) is 0.747. The summed E-state index contributed by atoms with van der Waals surface area (Å²) in [6, 6.07) is 4.24. The van der Waals surface area contributed by atoms with E-state index >= 15 is 0 Å². The molecule has 1 atom stereocenters. The van der Waals surface area contributed by atoms with Crippen LogP contribution in [-0.2, 0) is 0 Å². The number of amides is 1. The van der Waals surface area contributed by atoms with Gasteiger partial charge in [0, 0.05) is 16.9 Å². The second-order valence-corrected chi connectivity index (χ2v) is 7.85. The third-order valence-electron chi connectivity index (χ3n) is 2.50. The first-order valence-electron chi connectivity index (χ1n) is 6.06. The molecule has 106 valence electrons. The minimum absolute atomic E-state index is 0.195. The molecule has 2 nitrogen and oxygen atoms in total. The van der Waals surface area contributed by atoms with Gasteiger partial charge in [-0.2, -0.15) is 0 Å². The van der Waals surface area contributed by atoms with Crippen molar-refractivity contribution in [1.29, 1.82) is 0 Å². The first-order valence-corrected chi connectivity index (χ1v) is 7.77. The third kappa shape index (κ3) is 6.04. The Morgan fingerprint density at radius 3 is 2.58 bits per heavy atom. The van der Waals surface area contributed by atoms with Crippen LogP contribution >= 0.6 is 31.9 Å². The molecule has 0 saturated heterocycles. The number of hydrogen-bond acceptors (Lipinski definition) is 1. The van der Waals surface area contributed by atoms with Crippen LogP contribution in [0.5, 0.6) is 0 Å². The highest BCUT2D eigenvalue weighted by molar-refractivity contribution is 9.10. The molecule has 19 heavy (non-hydrogen) atoms. The molecule has 0 aliphatic carbocycles. The van der Waals surface area contributed by atoms with Crippen LogP contribution in [0, 0.1) is 11.2 Å². The van der Waals surface area contributed by atoms with Crippen LogP contribution in [0.25, 0.3) is 0 Å². The number of hydrogen-bond donors (Lipinski definition) is 1. The summed E-state index contributed by atoms with van der Waals surface area (Å²) in [6.07, 6.45) is 0.959. The average molecular weight is 395 g/mol. The normalized spacial score (nSPS) is 13.2. The van der Waals surface area contributed by atoms with Gasteiger partial charge in [-0.3, -0.25) is 4.79 Å². The summed E-state index contributed by atoms with van der Waals surface area (Å²) < 4.78 is 13.4. The molecule has 0 aromatic heterocycles. The fourth-order valence-electron chi connectivity index (χ4n) is 1.68. The molecule has 1 aromatic carbocycles. The molecular weight excluding hydrogens is 377 g/mol. The summed E-state index contributed by atoms with van der Waals surface area (Å²) in [5.41, 5.74) is 0.654. The summed E-state index contributed by atoms with van der Waals surface area (Å²) in [4.78, 5) is 12.1. The van der Waals surface area contributed by atoms with E-state index in [-0.39, 0.29) is 22.0 Å². The van der Waals surface area contributed by atoms with Crippen LogP contribution in [-0.4, -0.2) is 17.3 Å². The molecule has 5 heteroatoms. The Morgan fingerprint density at radius 1 is 1.42 bits per heavy atom. The van der Waals surface area contributed by atoms with Gasteiger partial charge in [-0.1, -0.05) is 36.7 Å². The van der Waals surface area contributed by atoms with Gasteiger partial charge in [0.05, 0.1) is 4.47 Å². The first kappa shape index (κ1) is 16.6. The largest absolute Gasteiger partial charge is 0.351 e. The van der Waals surface area contributed by atoms with E-state index < -0.39 is 0 Å². The highest BCUT2D eigenvalue weighted by Crippen LogP contribution is 2.24. The third-order valence-corrected chi connectivity index (χ3v) is 3.75. The lowest BCUT2D eigenvalue weighted by atomic mass is 9.90. The number of halogens is 3. The Balaban J connectivity index is 2.53. The van der Waals surface area contributed by atoms with Crippen LogP contribution in [0.4, 0.5) is 4.39 Å². The minimum Gasteiger partial charge on any atom is -0.351 e. The lowest BCUT2D eigenvalue weighted by Crippen LogP contribution is -2.31. The number of nitrogens with one attached hydrogen (secondary N) is 1. The predicted molar refractivity (Wildman–Crippen MR) is 83.2 cm³/mol. The van der Waals surface area contributed by atoms with Crippen LogP contribution in [0.15, 0.2) is 22.7 Å². The Hall–Kier alpha value is -0.420. The lowest BCUT2D eigenvalue weighted by Gasteiger charge is -2.22. The first-order chi connectivity index (χ1) is 8.69. The van der Waals surface area contributed by atoms with Crippen molar-refractivity contribution in [3.8, 4) is 0 Å². The minimum atomic E-state index is -0.373. The maximum atomic E-state index is 13.1. The molecule has 0 aliphatic heterocycles. The van der Waals surface area contributed by atoms with E-state index in [1.165, 1.54) is 18.2 Å². The smallest absolute Gasteiger partial charge is 0.251 e. The average Bonchev–Trinajstić information content (AvgIpc) is 2.27. The van der Waals surface area contributed by atoms with Crippen molar-refractivity contribution in [3.63, 3.8) is 0 Å². The molecule has 0 radical (unpaired) electrons. The highest BCUT2D eigenvalue weighted by atomic mass is 79.9. The number of benzene rings is 1. The zero-order valence-corrected chi connectivity index (χ0v) is 14.4. The fourth-order valence-corrected chi connectivity index (χ4v) is 3.19. The summed E-state index contributed by atoms with van der Waals surface area (Å²) in [5, 5.41) is 2.84. The van der Waals surface area contributed by atoms with Crippen molar-refractivity contribution in [2.45, 2.75) is 32.0 Å². The molecule has 0 saturated carbocycles. The zero-order valence-electron chi connectivity index (χ0n) is 11.3. The number of alkyl halides is 1. The second-order valence-electron chi connectivity index (χ2n) is 5.70. The number of rotatable bonds is 4. The Morgan fingerprint density at radius 2 is 2.05 bits per heavy atom. The molecule has 1 rings (SSSR count). The molecule has 0 fully saturated rings. The van der Waals surface area contributed by atoms with Crippen LogP contribution < -0.4 is 5.32 Å². The van der Waals surface area contributed by atoms with Crippen molar-refractivity contribution >= 4 is 37.8 Å². The van der Waals surface area contributed by atoms with E-state index in [1.54, 1.807) is 0 Å². The molecule has 0 aliphatic rings. The Kier molecular flexibility index (Phi) is 5.99. The Bertz CT molecular complexity index is 457. The van der Waals surface area contributed by atoms with Gasteiger partial charge in [-0.15, -0.1) is 0 Å². The van der Waals surface area contributed by atoms with Crippen LogP contribution in [0.3, 0.4) is 0 Å². The van der Waals surface area contributed by atoms with Gasteiger partial charge in [0.15, 0.2) is 0 Å². The SMILES string of the molecule is CC(C)(C)CC(Br)CNC(=O)c1ccc(F)c(Br)c1. The van der Waals surface area contributed by atoms with Crippen molar-refractivity contribution in [1.82, 2.24) is 5.32 Å². The molecule has 1 N–H and O–H groups in total. The summed E-state index contributed by atoms with van der Waals surface area (Å²) in [7, 11) is 0. The summed E-state index contributed by atoms with van der Waals surface area (Å²) >= 11 is 6.63. The molecule has 1 unspecified atom stereocenters. The molecule has 0 spiro atoms. The highest BCUT2D eigenvalue weighted by Gasteiger charge is 2.17. The van der Waals surface area contributed by atoms with Gasteiger partial charge in [0.25, 0.3) is 5.91 Å². The van der Waals surface area contributed by atoms with Crippen molar-refractivity contribution in [2.24, 2.45) is 5.41 Å². The van der Waals surface area contributed by atoms with E-state index in [1.807, 2.05) is 0 Å².